The maximum Gasteiger partial charge on any atom is 0.240 e. The minimum absolute atomic E-state index is 0.303. The third-order valence-electron chi connectivity index (χ3n) is 3.02. The third-order valence-corrected chi connectivity index (χ3v) is 4.53. The van der Waals surface area contributed by atoms with E-state index in [0.29, 0.717) is 17.4 Å². The first-order chi connectivity index (χ1) is 8.50. The maximum atomic E-state index is 12.3. The van der Waals surface area contributed by atoms with Gasteiger partial charge < -0.3 is 5.32 Å². The summed E-state index contributed by atoms with van der Waals surface area (Å²) in [7, 11) is -3.39. The van der Waals surface area contributed by atoms with E-state index in [9.17, 15) is 8.42 Å². The average molecular weight is 268 g/mol. The van der Waals surface area contributed by atoms with Crippen LogP contribution in [0.1, 0.15) is 25.8 Å². The molecule has 2 rings (SSSR count). The minimum Gasteiger partial charge on any atom is -0.385 e. The summed E-state index contributed by atoms with van der Waals surface area (Å²) < 4.78 is 27.2. The molecule has 1 aromatic rings. The lowest BCUT2D eigenvalue weighted by Gasteiger charge is -2.21. The Balaban J connectivity index is 2.33. The first-order valence-electron chi connectivity index (χ1n) is 6.36. The number of hydrogen-bond donors (Lipinski definition) is 2. The van der Waals surface area contributed by atoms with Crippen molar-refractivity contribution < 1.29 is 8.42 Å². The van der Waals surface area contributed by atoms with E-state index in [1.54, 1.807) is 12.1 Å². The number of rotatable bonds is 4. The van der Waals surface area contributed by atoms with Gasteiger partial charge in [0, 0.05) is 18.8 Å². The summed E-state index contributed by atoms with van der Waals surface area (Å²) in [6.07, 6.45) is 1.80. The van der Waals surface area contributed by atoms with Crippen molar-refractivity contribution in [3.63, 3.8) is 0 Å². The van der Waals surface area contributed by atoms with Gasteiger partial charge in [-0.05, 0) is 36.5 Å². The molecule has 0 spiro atoms. The van der Waals surface area contributed by atoms with Gasteiger partial charge >= 0.3 is 0 Å². The van der Waals surface area contributed by atoms with E-state index in [1.165, 1.54) is 0 Å². The van der Waals surface area contributed by atoms with Crippen LogP contribution in [0.5, 0.6) is 0 Å². The normalized spacial score (nSPS) is 15.3. The van der Waals surface area contributed by atoms with Crippen LogP contribution in [-0.2, 0) is 16.4 Å². The molecule has 2 N–H and O–H groups in total. The zero-order valence-electron chi connectivity index (χ0n) is 10.9. The first-order valence-corrected chi connectivity index (χ1v) is 7.84. The minimum atomic E-state index is -3.39. The lowest BCUT2D eigenvalue weighted by Crippen LogP contribution is -2.29. The van der Waals surface area contributed by atoms with Gasteiger partial charge in [-0.3, -0.25) is 0 Å². The van der Waals surface area contributed by atoms with Gasteiger partial charge in [0.2, 0.25) is 10.0 Å². The molecule has 1 aliphatic heterocycles. The fraction of sp³-hybridized carbons (Fsp3) is 0.538. The number of sulfonamides is 1. The van der Waals surface area contributed by atoms with Gasteiger partial charge in [-0.15, -0.1) is 0 Å². The molecule has 0 aromatic heterocycles. The van der Waals surface area contributed by atoms with E-state index in [1.807, 2.05) is 19.9 Å². The van der Waals surface area contributed by atoms with E-state index < -0.39 is 10.0 Å². The van der Waals surface area contributed by atoms with E-state index in [2.05, 4.69) is 10.0 Å². The van der Waals surface area contributed by atoms with Crippen molar-refractivity contribution in [3.05, 3.63) is 23.8 Å². The molecule has 100 valence electrons. The fourth-order valence-corrected chi connectivity index (χ4v) is 3.59. The van der Waals surface area contributed by atoms with Gasteiger partial charge in [-0.2, -0.15) is 0 Å². The summed E-state index contributed by atoms with van der Waals surface area (Å²) in [4.78, 5) is 0.424. The molecule has 18 heavy (non-hydrogen) atoms. The molecule has 1 aromatic carbocycles. The monoisotopic (exact) mass is 268 g/mol. The zero-order chi connectivity index (χ0) is 13.2. The van der Waals surface area contributed by atoms with Gasteiger partial charge in [0.25, 0.3) is 0 Å². The SMILES string of the molecule is CC(C)CNS(=O)(=O)c1cccc2c1CCCN2. The summed E-state index contributed by atoms with van der Waals surface area (Å²) in [6, 6.07) is 5.42. The van der Waals surface area contributed by atoms with E-state index in [-0.39, 0.29) is 0 Å². The van der Waals surface area contributed by atoms with Crippen LogP contribution in [-0.4, -0.2) is 21.5 Å². The Labute approximate surface area is 109 Å². The standard InChI is InChI=1S/C13H20N2O2S/c1-10(2)9-15-18(16,17)13-7-3-6-12-11(13)5-4-8-14-12/h3,6-7,10,14-15H,4-5,8-9H2,1-2H3. The molecular weight excluding hydrogens is 248 g/mol. The van der Waals surface area contributed by atoms with Crippen molar-refractivity contribution in [2.45, 2.75) is 31.6 Å². The van der Waals surface area contributed by atoms with Gasteiger partial charge in [0.15, 0.2) is 0 Å². The van der Waals surface area contributed by atoms with Gasteiger partial charge in [-0.25, -0.2) is 13.1 Å². The van der Waals surface area contributed by atoms with Crippen molar-refractivity contribution in [2.24, 2.45) is 5.92 Å². The highest BCUT2D eigenvalue weighted by molar-refractivity contribution is 7.89. The predicted octanol–water partition coefficient (Wildman–Crippen LogP) is 1.98. The van der Waals surface area contributed by atoms with Crippen LogP contribution in [0.25, 0.3) is 0 Å². The van der Waals surface area contributed by atoms with E-state index >= 15 is 0 Å². The first kappa shape index (κ1) is 13.4. The quantitative estimate of drug-likeness (QED) is 0.878. The van der Waals surface area contributed by atoms with Crippen LogP contribution < -0.4 is 10.0 Å². The summed E-state index contributed by atoms with van der Waals surface area (Å²) in [5, 5.41) is 3.25. The number of hydrogen-bond acceptors (Lipinski definition) is 3. The molecule has 0 bridgehead atoms. The van der Waals surface area contributed by atoms with Gasteiger partial charge in [0.05, 0.1) is 4.90 Å². The lowest BCUT2D eigenvalue weighted by atomic mass is 10.0. The van der Waals surface area contributed by atoms with Gasteiger partial charge in [-0.1, -0.05) is 19.9 Å². The number of fused-ring (bicyclic) bond motifs is 1. The molecule has 0 amide bonds. The molecule has 5 heteroatoms. The highest BCUT2D eigenvalue weighted by Gasteiger charge is 2.22. The highest BCUT2D eigenvalue weighted by Crippen LogP contribution is 2.28. The van der Waals surface area contributed by atoms with Crippen LogP contribution in [0.3, 0.4) is 0 Å². The molecule has 0 aliphatic carbocycles. The second-order valence-electron chi connectivity index (χ2n) is 5.06. The number of anilines is 1. The van der Waals surface area contributed by atoms with Crippen molar-refractivity contribution >= 4 is 15.7 Å². The van der Waals surface area contributed by atoms with Crippen LogP contribution in [0.2, 0.25) is 0 Å². The van der Waals surface area contributed by atoms with Crippen molar-refractivity contribution in [2.75, 3.05) is 18.4 Å². The molecule has 1 aliphatic rings. The largest absolute Gasteiger partial charge is 0.385 e. The molecule has 0 radical (unpaired) electrons. The summed E-state index contributed by atoms with van der Waals surface area (Å²) in [6.45, 7) is 5.37. The summed E-state index contributed by atoms with van der Waals surface area (Å²) >= 11 is 0. The van der Waals surface area contributed by atoms with E-state index in [0.717, 1.165) is 30.6 Å². The molecule has 0 fully saturated rings. The topological polar surface area (TPSA) is 58.2 Å². The van der Waals surface area contributed by atoms with Crippen molar-refractivity contribution in [1.82, 2.24) is 4.72 Å². The smallest absolute Gasteiger partial charge is 0.240 e. The number of nitrogens with one attached hydrogen (secondary N) is 2. The second kappa shape index (κ2) is 5.28. The molecular formula is C13H20N2O2S. The third kappa shape index (κ3) is 2.84. The molecule has 0 unspecified atom stereocenters. The molecule has 0 atom stereocenters. The Kier molecular flexibility index (Phi) is 3.92. The average Bonchev–Trinajstić information content (AvgIpc) is 2.36. The van der Waals surface area contributed by atoms with Crippen LogP contribution in [0, 0.1) is 5.92 Å². The Hall–Kier alpha value is -1.07. The Morgan fingerprint density at radius 1 is 1.39 bits per heavy atom. The number of benzene rings is 1. The summed E-state index contributed by atoms with van der Waals surface area (Å²) in [5.41, 5.74) is 1.87. The van der Waals surface area contributed by atoms with Crippen molar-refractivity contribution in [1.29, 1.82) is 0 Å². The Morgan fingerprint density at radius 2 is 2.17 bits per heavy atom. The lowest BCUT2D eigenvalue weighted by molar-refractivity contribution is 0.558. The van der Waals surface area contributed by atoms with Crippen LogP contribution >= 0.6 is 0 Å². The van der Waals surface area contributed by atoms with Gasteiger partial charge in [0.1, 0.15) is 0 Å². The highest BCUT2D eigenvalue weighted by atomic mass is 32.2. The van der Waals surface area contributed by atoms with E-state index in [4.69, 9.17) is 0 Å². The molecule has 1 heterocycles. The molecule has 0 saturated heterocycles. The molecule has 0 saturated carbocycles. The maximum absolute atomic E-state index is 12.3. The Morgan fingerprint density at radius 3 is 2.89 bits per heavy atom. The zero-order valence-corrected chi connectivity index (χ0v) is 11.7. The molecule has 4 nitrogen and oxygen atoms in total. The van der Waals surface area contributed by atoms with Crippen LogP contribution in [0.4, 0.5) is 5.69 Å². The Bertz CT molecular complexity index is 524. The second-order valence-corrected chi connectivity index (χ2v) is 6.79. The summed E-state index contributed by atoms with van der Waals surface area (Å²) in [5.74, 6) is 0.303. The van der Waals surface area contributed by atoms with Crippen LogP contribution in [0.15, 0.2) is 23.1 Å². The predicted molar refractivity (Wildman–Crippen MR) is 73.3 cm³/mol. The van der Waals surface area contributed by atoms with Crippen molar-refractivity contribution in [3.8, 4) is 0 Å². The fourth-order valence-electron chi connectivity index (χ4n) is 2.08.